The van der Waals surface area contributed by atoms with E-state index in [2.05, 4.69) is 223 Å². The van der Waals surface area contributed by atoms with Gasteiger partial charge in [0.1, 0.15) is 0 Å². The largest absolute Gasteiger partial charge is 1.00 e. The van der Waals surface area contributed by atoms with Crippen LogP contribution in [0, 0.1) is 20.8 Å². The number of hydrogen-bond acceptors (Lipinski definition) is 0. The van der Waals surface area contributed by atoms with Gasteiger partial charge in [0.05, 0.1) is 0 Å². The van der Waals surface area contributed by atoms with Gasteiger partial charge in [-0.15, -0.1) is 0 Å². The van der Waals surface area contributed by atoms with E-state index < -0.39 is 56.5 Å². The quantitative estimate of drug-likeness (QED) is 0.203. The molecule has 0 nitrogen and oxygen atoms in total. The Bertz CT molecular complexity index is 1820. The molecule has 59 heavy (non-hydrogen) atoms. The van der Waals surface area contributed by atoms with Gasteiger partial charge in [0.25, 0.3) is 0 Å². The van der Waals surface area contributed by atoms with Crippen LogP contribution in [0.4, 0.5) is 0 Å². The number of aryl methyl sites for hydroxylation is 3. The molecule has 0 N–H and O–H groups in total. The first kappa shape index (κ1) is 57.3. The first-order valence-electron chi connectivity index (χ1n) is 21.5. The molecule has 0 aliphatic heterocycles. The molecule has 0 radical (unpaired) electrons. The number of benzene rings is 3. The summed E-state index contributed by atoms with van der Waals surface area (Å²) in [5, 5.41) is 16.0. The summed E-state index contributed by atoms with van der Waals surface area (Å²) in [6.07, 6.45) is 0. The Labute approximate surface area is 402 Å². The third-order valence-corrected chi connectivity index (χ3v) is 34.6. The van der Waals surface area contributed by atoms with Crippen molar-refractivity contribution in [2.45, 2.75) is 171 Å². The van der Waals surface area contributed by atoms with Gasteiger partial charge in [-0.05, 0) is 0 Å². The second-order valence-electron chi connectivity index (χ2n) is 24.3. The summed E-state index contributed by atoms with van der Waals surface area (Å²) in [5.74, 6) is 0. The minimum Gasteiger partial charge on any atom is -1.00 e. The van der Waals surface area contributed by atoms with Crippen molar-refractivity contribution in [1.29, 1.82) is 0 Å². The first-order valence-corrected chi connectivity index (χ1v) is 45.2. The minimum atomic E-state index is -3.23. The maximum Gasteiger partial charge on any atom is -1.00 e. The molecule has 3 aromatic carbocycles. The number of halogens is 3. The Morgan fingerprint density at radius 3 is 0.678 bits per heavy atom. The molecule has 0 fully saturated rings. The van der Waals surface area contributed by atoms with Gasteiger partial charge in [0.15, 0.2) is 0 Å². The van der Waals surface area contributed by atoms with Crippen molar-refractivity contribution >= 4 is 103 Å². The predicted octanol–water partition coefficient (Wildman–Crippen LogP) is 0.296. The van der Waals surface area contributed by atoms with E-state index in [-0.39, 0.29) is 42.3 Å². The van der Waals surface area contributed by atoms with E-state index in [1.165, 1.54) is 16.7 Å². The zero-order chi connectivity index (χ0) is 43.5. The maximum atomic E-state index is 2.83. The zero-order valence-corrected chi connectivity index (χ0v) is 52.9. The average Bonchev–Trinajstić information content (AvgIpc) is 3.14. The maximum absolute atomic E-state index is 3.23. The SMILES string of the molecule is CC1=C(C)C(C)([Si](c2c([Si](C)(C)C)cc(C)cc2[Si](C)(C)C)(c2c([Si](C)(C)C)cc(C)cc2[Si](C)(C)C)c2c([Si](C)(C)C)cc(C)cc2[Si](C)(C)C)[C]([Ti+3])=C1C.[Cl-].[Cl-].[Cl-]. The molecule has 1 aliphatic carbocycles. The third kappa shape index (κ3) is 10.1. The number of hydrogen-bond donors (Lipinski definition) is 0. The summed E-state index contributed by atoms with van der Waals surface area (Å²) < 4.78 is 1.65. The van der Waals surface area contributed by atoms with E-state index in [9.17, 15) is 0 Å². The summed E-state index contributed by atoms with van der Waals surface area (Å²) in [6, 6.07) is 16.5. The molecule has 3 aromatic rings. The van der Waals surface area contributed by atoms with Gasteiger partial charge in [0.2, 0.25) is 0 Å². The fourth-order valence-corrected chi connectivity index (χ4v) is 37.8. The van der Waals surface area contributed by atoms with Gasteiger partial charge >= 0.3 is 369 Å². The van der Waals surface area contributed by atoms with Crippen LogP contribution in [0.15, 0.2) is 57.0 Å². The molecule has 0 saturated carbocycles. The Kier molecular flexibility index (Phi) is 17.7. The van der Waals surface area contributed by atoms with Crippen molar-refractivity contribution in [3.8, 4) is 0 Å². The fourth-order valence-electron chi connectivity index (χ4n) is 10.1. The van der Waals surface area contributed by atoms with Crippen LogP contribution in [0.5, 0.6) is 0 Å². The Balaban J connectivity index is 0.00000580. The molecule has 0 bridgehead atoms. The van der Waals surface area contributed by atoms with Gasteiger partial charge in [0, 0.05) is 0 Å². The summed E-state index contributed by atoms with van der Waals surface area (Å²) in [5.41, 5.74) is 9.14. The Morgan fingerprint density at radius 1 is 0.356 bits per heavy atom. The number of rotatable bonds is 10. The summed E-state index contributed by atoms with van der Waals surface area (Å²) >= 11 is 2.60. The predicted molar refractivity (Wildman–Crippen MR) is 276 cm³/mol. The van der Waals surface area contributed by atoms with E-state index >= 15 is 0 Å². The first-order chi connectivity index (χ1) is 24.9. The van der Waals surface area contributed by atoms with Crippen LogP contribution in [0.2, 0.25) is 123 Å². The van der Waals surface area contributed by atoms with Crippen molar-refractivity contribution in [2.75, 3.05) is 0 Å². The van der Waals surface area contributed by atoms with E-state index in [1.54, 1.807) is 51.7 Å². The molecular weight excluding hydrogens is 927 g/mol. The summed E-state index contributed by atoms with van der Waals surface area (Å²) in [4.78, 5) is 0. The minimum absolute atomic E-state index is 0. The van der Waals surface area contributed by atoms with E-state index in [1.807, 2.05) is 15.6 Å². The van der Waals surface area contributed by atoms with Crippen molar-refractivity contribution < 1.29 is 57.7 Å². The molecule has 0 amide bonds. The molecule has 0 heterocycles. The molecule has 0 aromatic heterocycles. The molecule has 11 heteroatoms. The Hall–Kier alpha value is 0.242. The standard InChI is InChI=1S/C48H81Si7.3ClH.Ti/c1-33-26-39(49(8,9)10)45(40(27-33)50(11,12)13)55(48(7)32-36(4)37(5)38(48)6,46-41(51(14,15)16)28-34(2)29-42(46)52(17,18)19)47-43(53(20,21)22)30-35(3)31-44(47)54(23,24)25;;;;/h26-31H,1-25H3;3*1H;/q;;;;+3/p-3. The monoisotopic (exact) mass is 1010 g/mol. The van der Waals surface area contributed by atoms with Gasteiger partial charge in [-0.25, -0.2) is 0 Å². The molecule has 0 saturated heterocycles. The second kappa shape index (κ2) is 18.3. The van der Waals surface area contributed by atoms with Crippen LogP contribution in [0.1, 0.15) is 44.4 Å². The molecule has 1 atom stereocenters. The molecule has 0 spiro atoms. The zero-order valence-electron chi connectivity index (χ0n) is 42.1. The van der Waals surface area contributed by atoms with Crippen LogP contribution in [-0.2, 0) is 20.4 Å². The molecule has 326 valence electrons. The van der Waals surface area contributed by atoms with E-state index in [0.717, 1.165) is 0 Å². The van der Waals surface area contributed by atoms with Crippen molar-refractivity contribution in [3.63, 3.8) is 0 Å². The van der Waals surface area contributed by atoms with E-state index in [0.29, 0.717) is 0 Å². The van der Waals surface area contributed by atoms with Gasteiger partial charge in [-0.1, -0.05) is 0 Å². The van der Waals surface area contributed by atoms with Crippen molar-refractivity contribution in [2.24, 2.45) is 0 Å². The molecule has 1 aliphatic rings. The fraction of sp³-hybridized carbons (Fsp3) is 0.542. The topological polar surface area (TPSA) is 0 Å². The normalized spacial score (nSPS) is 17.2. The smallest absolute Gasteiger partial charge is 1.00 e. The second-order valence-corrected chi connectivity index (χ2v) is 59.3. The van der Waals surface area contributed by atoms with Gasteiger partial charge in [-0.2, -0.15) is 0 Å². The average molecular weight is 1010 g/mol. The van der Waals surface area contributed by atoms with Crippen LogP contribution in [0.3, 0.4) is 0 Å². The molecule has 4 rings (SSSR count). The van der Waals surface area contributed by atoms with E-state index in [4.69, 9.17) is 0 Å². The van der Waals surface area contributed by atoms with Crippen LogP contribution < -0.4 is 83.9 Å². The van der Waals surface area contributed by atoms with Crippen molar-refractivity contribution in [3.05, 3.63) is 73.7 Å². The molecule has 1 unspecified atom stereocenters. The summed E-state index contributed by atoms with van der Waals surface area (Å²) in [6.45, 7) is 65.9. The molecular formula is C48H81Cl3Si7Ti. The van der Waals surface area contributed by atoms with Crippen LogP contribution in [0.25, 0.3) is 0 Å². The Morgan fingerprint density at radius 2 is 0.542 bits per heavy atom. The van der Waals surface area contributed by atoms with Crippen LogP contribution in [-0.4, -0.2) is 56.5 Å². The van der Waals surface area contributed by atoms with Gasteiger partial charge in [-0.3, -0.25) is 0 Å². The van der Waals surface area contributed by atoms with Crippen LogP contribution >= 0.6 is 0 Å². The third-order valence-electron chi connectivity index (χ3n) is 13.3. The van der Waals surface area contributed by atoms with Crippen molar-refractivity contribution in [1.82, 2.24) is 0 Å². The number of allylic oxidation sites excluding steroid dienone is 4. The summed E-state index contributed by atoms with van der Waals surface area (Å²) in [7, 11) is -15.0. The van der Waals surface area contributed by atoms with Gasteiger partial charge < -0.3 is 37.2 Å².